The van der Waals surface area contributed by atoms with E-state index in [-0.39, 0.29) is 11.4 Å². The molecule has 5 rings (SSSR count). The van der Waals surface area contributed by atoms with Crippen molar-refractivity contribution in [2.45, 2.75) is 13.0 Å². The Morgan fingerprint density at radius 1 is 1.11 bits per heavy atom. The molecular formula is C27H20ClN3O5. The van der Waals surface area contributed by atoms with Gasteiger partial charge in [0.05, 0.1) is 24.2 Å². The van der Waals surface area contributed by atoms with Gasteiger partial charge in [0.25, 0.3) is 5.56 Å². The fraction of sp³-hybridized carbons (Fsp3) is 0.111. The van der Waals surface area contributed by atoms with Crippen LogP contribution in [-0.2, 0) is 9.53 Å². The zero-order valence-electron chi connectivity index (χ0n) is 19.3. The minimum atomic E-state index is -0.775. The molecule has 5 aromatic rings. The minimum Gasteiger partial charge on any atom is -0.479 e. The van der Waals surface area contributed by atoms with E-state index in [1.807, 2.05) is 6.07 Å². The molecule has 0 unspecified atom stereocenters. The lowest BCUT2D eigenvalue weighted by Crippen LogP contribution is -2.24. The van der Waals surface area contributed by atoms with Gasteiger partial charge in [-0.25, -0.2) is 9.78 Å². The largest absolute Gasteiger partial charge is 0.479 e. The Labute approximate surface area is 210 Å². The number of hydrogen-bond acceptors (Lipinski definition) is 7. The molecule has 0 aliphatic rings. The molecule has 3 aromatic carbocycles. The van der Waals surface area contributed by atoms with Crippen molar-refractivity contribution in [3.05, 3.63) is 93.7 Å². The summed E-state index contributed by atoms with van der Waals surface area (Å²) in [5, 5.41) is 6.21. The second-order valence-corrected chi connectivity index (χ2v) is 8.40. The number of para-hydroxylation sites is 1. The lowest BCUT2D eigenvalue weighted by atomic mass is 10.2. The number of nitrogens with zero attached hydrogens (tertiary/aromatic N) is 3. The van der Waals surface area contributed by atoms with Gasteiger partial charge in [-0.2, -0.15) is 9.78 Å². The highest BCUT2D eigenvalue weighted by molar-refractivity contribution is 6.31. The van der Waals surface area contributed by atoms with E-state index in [0.29, 0.717) is 38.6 Å². The zero-order valence-corrected chi connectivity index (χ0v) is 20.1. The van der Waals surface area contributed by atoms with Crippen LogP contribution >= 0.6 is 11.6 Å². The normalized spacial score (nSPS) is 12.3. The molecule has 0 aliphatic carbocycles. The number of fused-ring (bicyclic) bond motifs is 2. The van der Waals surface area contributed by atoms with Gasteiger partial charge in [-0.1, -0.05) is 35.9 Å². The molecule has 0 radical (unpaired) electrons. The van der Waals surface area contributed by atoms with Crippen molar-refractivity contribution < 1.29 is 18.7 Å². The number of ether oxygens (including phenoxy) is 2. The number of benzene rings is 3. The Morgan fingerprint density at radius 2 is 1.94 bits per heavy atom. The number of rotatable bonds is 6. The first-order valence-electron chi connectivity index (χ1n) is 11.0. The molecule has 0 bridgehead atoms. The van der Waals surface area contributed by atoms with Gasteiger partial charge in [-0.3, -0.25) is 4.79 Å². The van der Waals surface area contributed by atoms with Crippen LogP contribution in [0, 0.1) is 0 Å². The summed E-state index contributed by atoms with van der Waals surface area (Å²) in [7, 11) is 1.30. The maximum Gasteiger partial charge on any atom is 0.346 e. The Bertz CT molecular complexity index is 1690. The molecule has 0 saturated carbocycles. The summed E-state index contributed by atoms with van der Waals surface area (Å²) in [5.74, 6) is 0.583. The highest BCUT2D eigenvalue weighted by Crippen LogP contribution is 2.29. The molecule has 180 valence electrons. The van der Waals surface area contributed by atoms with Crippen LogP contribution in [-0.4, -0.2) is 35.1 Å². The summed E-state index contributed by atoms with van der Waals surface area (Å²) in [5.41, 5.74) is 1.43. The van der Waals surface area contributed by atoms with Crippen LogP contribution in [0.2, 0.25) is 5.02 Å². The molecule has 2 aromatic heterocycles. The van der Waals surface area contributed by atoms with Crippen molar-refractivity contribution in [1.29, 1.82) is 0 Å². The van der Waals surface area contributed by atoms with Gasteiger partial charge in [0, 0.05) is 10.4 Å². The van der Waals surface area contributed by atoms with E-state index < -0.39 is 12.1 Å². The molecule has 1 atom stereocenters. The first-order valence-corrected chi connectivity index (χ1v) is 11.4. The van der Waals surface area contributed by atoms with E-state index in [2.05, 4.69) is 10.1 Å². The van der Waals surface area contributed by atoms with E-state index in [0.717, 1.165) is 5.39 Å². The lowest BCUT2D eigenvalue weighted by Gasteiger charge is -2.12. The van der Waals surface area contributed by atoms with Gasteiger partial charge in [0.15, 0.2) is 11.9 Å². The lowest BCUT2D eigenvalue weighted by molar-refractivity contribution is -0.147. The quantitative estimate of drug-likeness (QED) is 0.232. The van der Waals surface area contributed by atoms with Gasteiger partial charge >= 0.3 is 5.97 Å². The average molecular weight is 502 g/mol. The van der Waals surface area contributed by atoms with E-state index in [4.69, 9.17) is 25.5 Å². The van der Waals surface area contributed by atoms with Crippen LogP contribution in [0.4, 0.5) is 0 Å². The Kier molecular flexibility index (Phi) is 6.26. The van der Waals surface area contributed by atoms with E-state index in [9.17, 15) is 9.59 Å². The van der Waals surface area contributed by atoms with Crippen molar-refractivity contribution in [2.75, 3.05) is 7.11 Å². The number of halogens is 1. The zero-order chi connectivity index (χ0) is 25.2. The molecule has 0 aliphatic heterocycles. The molecule has 0 saturated heterocycles. The van der Waals surface area contributed by atoms with E-state index in [1.165, 1.54) is 18.0 Å². The molecule has 0 spiro atoms. The third-order valence-corrected chi connectivity index (χ3v) is 5.71. The summed E-state index contributed by atoms with van der Waals surface area (Å²) in [6.07, 6.45) is 0.735. The summed E-state index contributed by atoms with van der Waals surface area (Å²) in [6, 6.07) is 21.0. The minimum absolute atomic E-state index is 0.244. The second kappa shape index (κ2) is 9.67. The van der Waals surface area contributed by atoms with Crippen LogP contribution in [0.5, 0.6) is 5.75 Å². The van der Waals surface area contributed by atoms with E-state index in [1.54, 1.807) is 73.7 Å². The number of methoxy groups -OCH3 is 1. The number of aromatic nitrogens is 2. The van der Waals surface area contributed by atoms with Gasteiger partial charge in [-0.05, 0) is 61.0 Å². The van der Waals surface area contributed by atoms with Crippen LogP contribution in [0.25, 0.3) is 33.5 Å². The fourth-order valence-corrected chi connectivity index (χ4v) is 3.91. The van der Waals surface area contributed by atoms with Crippen molar-refractivity contribution in [2.24, 2.45) is 5.10 Å². The predicted molar refractivity (Wildman–Crippen MR) is 138 cm³/mol. The molecule has 0 N–H and O–H groups in total. The number of carbonyl (C=O) groups excluding carboxylic acids is 1. The fourth-order valence-electron chi connectivity index (χ4n) is 3.73. The molecule has 0 fully saturated rings. The van der Waals surface area contributed by atoms with Crippen LogP contribution < -0.4 is 10.3 Å². The summed E-state index contributed by atoms with van der Waals surface area (Å²) in [4.78, 5) is 29.7. The first-order chi connectivity index (χ1) is 17.4. The van der Waals surface area contributed by atoms with E-state index >= 15 is 0 Å². The van der Waals surface area contributed by atoms with Crippen molar-refractivity contribution in [3.63, 3.8) is 0 Å². The number of furan rings is 1. The van der Waals surface area contributed by atoms with Gasteiger partial charge in [-0.15, -0.1) is 0 Å². The second-order valence-electron chi connectivity index (χ2n) is 7.96. The Hall–Kier alpha value is -4.43. The van der Waals surface area contributed by atoms with Gasteiger partial charge < -0.3 is 13.9 Å². The summed E-state index contributed by atoms with van der Waals surface area (Å²) < 4.78 is 17.5. The molecular weight excluding hydrogens is 482 g/mol. The molecule has 2 heterocycles. The molecule has 9 heteroatoms. The van der Waals surface area contributed by atoms with Crippen molar-refractivity contribution >= 4 is 45.7 Å². The maximum atomic E-state index is 13.4. The Morgan fingerprint density at radius 3 is 2.78 bits per heavy atom. The van der Waals surface area contributed by atoms with Crippen molar-refractivity contribution in [3.8, 4) is 17.3 Å². The molecule has 0 amide bonds. The predicted octanol–water partition coefficient (Wildman–Crippen LogP) is 5.29. The molecule has 8 nitrogen and oxygen atoms in total. The number of carbonyl (C=O) groups is 1. The number of esters is 1. The summed E-state index contributed by atoms with van der Waals surface area (Å²) >= 11 is 6.12. The summed E-state index contributed by atoms with van der Waals surface area (Å²) in [6.45, 7) is 1.60. The topological polar surface area (TPSA) is 95.9 Å². The smallest absolute Gasteiger partial charge is 0.346 e. The monoisotopic (exact) mass is 501 g/mol. The SMILES string of the molecule is COC(=O)[C@@H](C)Oc1cccc(C=Nn2c(-c3cc4cc(Cl)ccc4o3)nc3ccccc3c2=O)c1. The third kappa shape index (κ3) is 4.58. The van der Waals surface area contributed by atoms with Crippen LogP contribution in [0.3, 0.4) is 0 Å². The average Bonchev–Trinajstić information content (AvgIpc) is 3.31. The molecule has 36 heavy (non-hydrogen) atoms. The van der Waals surface area contributed by atoms with Crippen LogP contribution in [0.15, 0.2) is 87.1 Å². The van der Waals surface area contributed by atoms with Gasteiger partial charge in [0.1, 0.15) is 11.3 Å². The number of hydrogen-bond donors (Lipinski definition) is 0. The maximum absolute atomic E-state index is 13.4. The van der Waals surface area contributed by atoms with Gasteiger partial charge in [0.2, 0.25) is 5.82 Å². The highest BCUT2D eigenvalue weighted by atomic mass is 35.5. The van der Waals surface area contributed by atoms with Crippen molar-refractivity contribution in [1.82, 2.24) is 9.66 Å². The first kappa shape index (κ1) is 23.3. The Balaban J connectivity index is 1.59. The highest BCUT2D eigenvalue weighted by Gasteiger charge is 2.17. The van der Waals surface area contributed by atoms with Crippen LogP contribution in [0.1, 0.15) is 12.5 Å². The third-order valence-electron chi connectivity index (χ3n) is 5.48. The standard InChI is InChI=1S/C27H20ClN3O5/c1-16(27(33)34-2)35-20-7-5-6-17(12-20)15-29-31-25(30-22-9-4-3-8-21(22)26(31)32)24-14-18-13-19(28)10-11-23(18)36-24/h3-16H,1-2H3/t16-/m1/s1.